The van der Waals surface area contributed by atoms with Crippen molar-refractivity contribution in [3.63, 3.8) is 0 Å². The average Bonchev–Trinajstić information content (AvgIpc) is 3.27. The quantitative estimate of drug-likeness (QED) is 0.671. The predicted octanol–water partition coefficient (Wildman–Crippen LogP) is 3.39. The molecule has 1 fully saturated rings. The molecule has 0 spiro atoms. The fourth-order valence-corrected chi connectivity index (χ4v) is 4.78. The van der Waals surface area contributed by atoms with Crippen LogP contribution in [-0.2, 0) is 13.5 Å². The zero-order valence-electron chi connectivity index (χ0n) is 15.2. The largest absolute Gasteiger partial charge is 0.335 e. The van der Waals surface area contributed by atoms with Gasteiger partial charge in [0.2, 0.25) is 0 Å². The van der Waals surface area contributed by atoms with E-state index in [-0.39, 0.29) is 11.9 Å². The number of benzene rings is 2. The third kappa shape index (κ3) is 2.44. The number of carbonyl (C=O) groups excluding carboxylic acids is 1. The van der Waals surface area contributed by atoms with Crippen molar-refractivity contribution in [2.24, 2.45) is 7.05 Å². The first-order chi connectivity index (χ1) is 13.2. The van der Waals surface area contributed by atoms with E-state index in [0.717, 1.165) is 36.8 Å². The van der Waals surface area contributed by atoms with Gasteiger partial charge in [-0.1, -0.05) is 6.07 Å². The van der Waals surface area contributed by atoms with Crippen LogP contribution >= 0.6 is 0 Å². The number of aryl methyl sites for hydroxylation is 1. The molecule has 0 bridgehead atoms. The Morgan fingerprint density at radius 3 is 3.00 bits per heavy atom. The molecule has 2 heterocycles. The van der Waals surface area contributed by atoms with Crippen LogP contribution in [-0.4, -0.2) is 32.9 Å². The van der Waals surface area contributed by atoms with Gasteiger partial charge in [-0.15, -0.1) is 0 Å². The van der Waals surface area contributed by atoms with E-state index in [1.807, 2.05) is 46.8 Å². The van der Waals surface area contributed by atoms with Crippen LogP contribution < -0.4 is 0 Å². The molecule has 1 aliphatic carbocycles. The first-order valence-electron chi connectivity index (χ1n) is 9.40. The maximum Gasteiger partial charge on any atom is 0.254 e. The van der Waals surface area contributed by atoms with E-state index < -0.39 is 0 Å². The first-order valence-corrected chi connectivity index (χ1v) is 9.40. The molecule has 1 aromatic heterocycles. The molecule has 5 nitrogen and oxygen atoms in total. The molecular weight excluding hydrogens is 336 g/mol. The molecule has 0 radical (unpaired) electrons. The summed E-state index contributed by atoms with van der Waals surface area (Å²) in [6.45, 7) is 0.791. The Labute approximate surface area is 157 Å². The second kappa shape index (κ2) is 5.95. The van der Waals surface area contributed by atoms with Crippen molar-refractivity contribution in [3.05, 3.63) is 65.0 Å². The van der Waals surface area contributed by atoms with Gasteiger partial charge in [0.25, 0.3) is 5.91 Å². The minimum atomic E-state index is 0.0885. The van der Waals surface area contributed by atoms with Crippen LogP contribution in [0.25, 0.3) is 11.0 Å². The lowest BCUT2D eigenvalue weighted by atomic mass is 9.88. The zero-order chi connectivity index (χ0) is 18.5. The lowest BCUT2D eigenvalue weighted by molar-refractivity contribution is 0.0595. The molecule has 0 N–H and O–H groups in total. The number of hydrogen-bond donors (Lipinski definition) is 0. The topological polar surface area (TPSA) is 61.9 Å². The molecule has 3 aromatic rings. The summed E-state index contributed by atoms with van der Waals surface area (Å²) in [5, 5.41) is 9.22. The Bertz CT molecular complexity index is 1110. The summed E-state index contributed by atoms with van der Waals surface area (Å²) >= 11 is 0. The maximum atomic E-state index is 13.3. The Morgan fingerprint density at radius 2 is 2.15 bits per heavy atom. The van der Waals surface area contributed by atoms with Gasteiger partial charge in [0, 0.05) is 31.1 Å². The van der Waals surface area contributed by atoms with E-state index in [2.05, 4.69) is 17.1 Å². The summed E-state index contributed by atoms with van der Waals surface area (Å²) in [6.07, 6.45) is 4.73. The monoisotopic (exact) mass is 356 g/mol. The molecular formula is C22H20N4O. The van der Waals surface area contributed by atoms with Crippen LogP contribution in [0.2, 0.25) is 0 Å². The first kappa shape index (κ1) is 16.1. The highest BCUT2D eigenvalue weighted by Crippen LogP contribution is 2.43. The van der Waals surface area contributed by atoms with Crippen LogP contribution in [0.1, 0.15) is 45.8 Å². The third-order valence-electron chi connectivity index (χ3n) is 6.12. The number of likely N-dealkylation sites (tertiary alicyclic amines) is 1. The van der Waals surface area contributed by atoms with Crippen molar-refractivity contribution in [2.75, 3.05) is 6.54 Å². The summed E-state index contributed by atoms with van der Waals surface area (Å²) in [5.41, 5.74) is 5.83. The van der Waals surface area contributed by atoms with E-state index in [1.165, 1.54) is 11.1 Å². The van der Waals surface area contributed by atoms with E-state index in [4.69, 9.17) is 0 Å². The van der Waals surface area contributed by atoms with Gasteiger partial charge < -0.3 is 9.47 Å². The van der Waals surface area contributed by atoms with Gasteiger partial charge in [-0.2, -0.15) is 5.26 Å². The SMILES string of the molecule is Cn1cnc2cc(C(=O)N3CCC[C@@H]4c5cc(C#N)ccc5C[C@@H]43)ccc21. The molecule has 2 atom stereocenters. The standard InChI is InChI=1S/C22H20N4O/c1-25-13-24-19-10-16(6-7-20(19)25)22(27)26-8-2-3-17-18-9-14(12-23)4-5-15(18)11-21(17)26/h4-7,9-10,13,17,21H,2-3,8,11H2,1H3/t17-,21+/m1/s1. The summed E-state index contributed by atoms with van der Waals surface area (Å²) in [6, 6.07) is 14.2. The smallest absolute Gasteiger partial charge is 0.254 e. The molecule has 134 valence electrons. The fourth-order valence-electron chi connectivity index (χ4n) is 4.78. The van der Waals surface area contributed by atoms with Crippen molar-refractivity contribution < 1.29 is 4.79 Å². The van der Waals surface area contributed by atoms with E-state index in [9.17, 15) is 10.1 Å². The van der Waals surface area contributed by atoms with Gasteiger partial charge in [0.1, 0.15) is 0 Å². The van der Waals surface area contributed by atoms with Crippen LogP contribution in [0.4, 0.5) is 0 Å². The van der Waals surface area contributed by atoms with Crippen LogP contribution in [0.5, 0.6) is 0 Å². The number of amides is 1. The van der Waals surface area contributed by atoms with E-state index in [0.29, 0.717) is 17.0 Å². The van der Waals surface area contributed by atoms with Crippen molar-refractivity contribution in [1.29, 1.82) is 5.26 Å². The number of nitriles is 1. The molecule has 5 heteroatoms. The molecule has 2 aromatic carbocycles. The van der Waals surface area contributed by atoms with Gasteiger partial charge in [-0.3, -0.25) is 4.79 Å². The van der Waals surface area contributed by atoms with Gasteiger partial charge in [0.05, 0.1) is 29.0 Å². The highest BCUT2D eigenvalue weighted by molar-refractivity contribution is 5.97. The highest BCUT2D eigenvalue weighted by atomic mass is 16.2. The molecule has 27 heavy (non-hydrogen) atoms. The van der Waals surface area contributed by atoms with Gasteiger partial charge in [-0.25, -0.2) is 4.98 Å². The van der Waals surface area contributed by atoms with E-state index in [1.54, 1.807) is 6.33 Å². The maximum absolute atomic E-state index is 13.3. The molecule has 1 aliphatic heterocycles. The highest BCUT2D eigenvalue weighted by Gasteiger charge is 2.41. The summed E-state index contributed by atoms with van der Waals surface area (Å²) < 4.78 is 1.96. The van der Waals surface area contributed by atoms with Gasteiger partial charge >= 0.3 is 0 Å². The minimum Gasteiger partial charge on any atom is -0.335 e. The van der Waals surface area contributed by atoms with Gasteiger partial charge in [-0.05, 0) is 60.7 Å². The number of nitrogens with zero attached hydrogens (tertiary/aromatic N) is 4. The number of aromatic nitrogens is 2. The number of rotatable bonds is 1. The normalized spacial score (nSPS) is 21.0. The van der Waals surface area contributed by atoms with Crippen molar-refractivity contribution >= 4 is 16.9 Å². The molecule has 1 amide bonds. The van der Waals surface area contributed by atoms with E-state index >= 15 is 0 Å². The molecule has 1 saturated heterocycles. The lowest BCUT2D eigenvalue weighted by Crippen LogP contribution is -2.46. The Kier molecular flexibility index (Phi) is 3.54. The second-order valence-electron chi connectivity index (χ2n) is 7.60. The molecule has 5 rings (SSSR count). The zero-order valence-corrected chi connectivity index (χ0v) is 15.2. The van der Waals surface area contributed by atoms with Crippen LogP contribution in [0.3, 0.4) is 0 Å². The number of piperidine rings is 1. The summed E-state index contributed by atoms with van der Waals surface area (Å²) in [7, 11) is 1.96. The van der Waals surface area contributed by atoms with Crippen molar-refractivity contribution in [2.45, 2.75) is 31.2 Å². The molecule has 0 saturated carbocycles. The Hall–Kier alpha value is -3.13. The molecule has 0 unspecified atom stereocenters. The number of hydrogen-bond acceptors (Lipinski definition) is 3. The van der Waals surface area contributed by atoms with Gasteiger partial charge in [0.15, 0.2) is 0 Å². The lowest BCUT2D eigenvalue weighted by Gasteiger charge is -2.38. The Morgan fingerprint density at radius 1 is 1.26 bits per heavy atom. The summed E-state index contributed by atoms with van der Waals surface area (Å²) in [4.78, 5) is 19.7. The molecule has 2 aliphatic rings. The third-order valence-corrected chi connectivity index (χ3v) is 6.12. The summed E-state index contributed by atoms with van der Waals surface area (Å²) in [5.74, 6) is 0.426. The van der Waals surface area contributed by atoms with Crippen LogP contribution in [0.15, 0.2) is 42.7 Å². The number of fused-ring (bicyclic) bond motifs is 4. The van der Waals surface area contributed by atoms with Crippen molar-refractivity contribution in [3.8, 4) is 6.07 Å². The average molecular weight is 356 g/mol. The van der Waals surface area contributed by atoms with Crippen molar-refractivity contribution in [1.82, 2.24) is 14.5 Å². The van der Waals surface area contributed by atoms with Crippen LogP contribution in [0, 0.1) is 11.3 Å². The predicted molar refractivity (Wildman–Crippen MR) is 102 cm³/mol. The fraction of sp³-hybridized carbons (Fsp3) is 0.318. The second-order valence-corrected chi connectivity index (χ2v) is 7.60. The number of carbonyl (C=O) groups is 1. The number of imidazole rings is 1. The minimum absolute atomic E-state index is 0.0885. The Balaban J connectivity index is 1.48.